The Labute approximate surface area is 389 Å². The van der Waals surface area contributed by atoms with E-state index in [1.54, 1.807) is 0 Å². The lowest BCUT2D eigenvalue weighted by Crippen LogP contribution is -2.00. The van der Waals surface area contributed by atoms with Crippen molar-refractivity contribution in [2.45, 2.75) is 0 Å². The molecule has 0 unspecified atom stereocenters. The number of aromatic nitrogens is 4. The molecule has 12 aromatic rings. The number of hydrogen-bond donors (Lipinski definition) is 0. The highest BCUT2D eigenvalue weighted by Gasteiger charge is 2.20. The SMILES string of the molecule is c1ccc(-c2ccc(-c3nc(-c4ccccc4)nc(-c4ccc(-c5cc(-c6ccccc6)c6c7cc(-c8ccccc8)ccc7n(-c7cccc(-c8ccccc8)c7)c6c5)cc4)n3)cc2)cc1. The summed E-state index contributed by atoms with van der Waals surface area (Å²) in [7, 11) is 0. The van der Waals surface area contributed by atoms with Gasteiger partial charge in [-0.25, -0.2) is 15.0 Å². The summed E-state index contributed by atoms with van der Waals surface area (Å²) in [5, 5.41) is 2.42. The van der Waals surface area contributed by atoms with E-state index in [2.05, 4.69) is 223 Å². The molecule has 0 radical (unpaired) electrons. The third-order valence-corrected chi connectivity index (χ3v) is 12.7. The molecule has 0 saturated carbocycles. The molecule has 0 aliphatic rings. The van der Waals surface area contributed by atoms with Gasteiger partial charge < -0.3 is 4.57 Å². The van der Waals surface area contributed by atoms with E-state index in [0.29, 0.717) is 17.5 Å². The molecule has 314 valence electrons. The van der Waals surface area contributed by atoms with Crippen molar-refractivity contribution in [2.24, 2.45) is 0 Å². The summed E-state index contributed by atoms with van der Waals surface area (Å²) in [6.07, 6.45) is 0. The molecule has 4 heteroatoms. The lowest BCUT2D eigenvalue weighted by Gasteiger charge is -2.14. The van der Waals surface area contributed by atoms with E-state index < -0.39 is 0 Å². The van der Waals surface area contributed by atoms with Gasteiger partial charge in [-0.15, -0.1) is 0 Å². The van der Waals surface area contributed by atoms with Crippen molar-refractivity contribution >= 4 is 21.8 Å². The van der Waals surface area contributed by atoms with Crippen LogP contribution in [0.4, 0.5) is 0 Å². The molecule has 0 aliphatic heterocycles. The molecule has 2 heterocycles. The summed E-state index contributed by atoms with van der Waals surface area (Å²) in [4.78, 5) is 15.2. The van der Waals surface area contributed by atoms with Gasteiger partial charge in [-0.1, -0.05) is 218 Å². The van der Waals surface area contributed by atoms with E-state index in [0.717, 1.165) is 55.7 Å². The average molecular weight is 855 g/mol. The molecule has 0 fully saturated rings. The van der Waals surface area contributed by atoms with Gasteiger partial charge in [0.1, 0.15) is 0 Å². The molecule has 0 N–H and O–H groups in total. The summed E-state index contributed by atoms with van der Waals surface area (Å²) in [5.74, 6) is 1.88. The van der Waals surface area contributed by atoms with Gasteiger partial charge in [0.25, 0.3) is 0 Å². The van der Waals surface area contributed by atoms with Crippen LogP contribution in [0.15, 0.2) is 255 Å². The van der Waals surface area contributed by atoms with Crippen molar-refractivity contribution in [3.63, 3.8) is 0 Å². The van der Waals surface area contributed by atoms with Crippen molar-refractivity contribution in [2.75, 3.05) is 0 Å². The standard InChI is InChI=1S/C63H42N4/c1-6-17-43(18-7-1)46-29-33-50(34-30-46)62-64-61(49-25-14-5-15-26-49)65-63(66-62)51-35-31-47(32-36-51)54-41-56(48-23-12-4-13-24-48)60-57-40-53(45-21-10-3-11-22-45)37-38-58(57)67(59(60)42-54)55-28-16-27-52(39-55)44-19-8-2-9-20-44/h1-42H. The lowest BCUT2D eigenvalue weighted by atomic mass is 9.93. The van der Waals surface area contributed by atoms with Crippen LogP contribution in [0.5, 0.6) is 0 Å². The van der Waals surface area contributed by atoms with Crippen LogP contribution in [0, 0.1) is 0 Å². The Morgan fingerprint density at radius 1 is 0.239 bits per heavy atom. The zero-order valence-electron chi connectivity index (χ0n) is 36.5. The highest BCUT2D eigenvalue weighted by Crippen LogP contribution is 2.43. The number of rotatable bonds is 9. The molecule has 0 saturated heterocycles. The predicted octanol–water partition coefficient (Wildman–Crippen LogP) is 16.3. The summed E-state index contributed by atoms with van der Waals surface area (Å²) in [5.41, 5.74) is 17.8. The second-order valence-electron chi connectivity index (χ2n) is 16.8. The van der Waals surface area contributed by atoms with Crippen LogP contribution in [0.25, 0.3) is 117 Å². The van der Waals surface area contributed by atoms with Crippen LogP contribution < -0.4 is 0 Å². The van der Waals surface area contributed by atoms with Crippen molar-refractivity contribution < 1.29 is 0 Å². The summed E-state index contributed by atoms with van der Waals surface area (Å²) in [6.45, 7) is 0. The molecule has 0 aliphatic carbocycles. The van der Waals surface area contributed by atoms with E-state index in [1.165, 1.54) is 44.2 Å². The first kappa shape index (κ1) is 39.6. The zero-order chi connectivity index (χ0) is 44.5. The molecule has 0 bridgehead atoms. The third kappa shape index (κ3) is 7.67. The molecule has 0 spiro atoms. The maximum Gasteiger partial charge on any atom is 0.164 e. The maximum atomic E-state index is 5.10. The number of nitrogens with zero attached hydrogens (tertiary/aromatic N) is 4. The minimum Gasteiger partial charge on any atom is -0.309 e. The lowest BCUT2D eigenvalue weighted by molar-refractivity contribution is 1.07. The fraction of sp³-hybridized carbons (Fsp3) is 0. The van der Waals surface area contributed by atoms with Crippen molar-refractivity contribution in [1.82, 2.24) is 19.5 Å². The van der Waals surface area contributed by atoms with Gasteiger partial charge in [0, 0.05) is 33.2 Å². The van der Waals surface area contributed by atoms with Gasteiger partial charge in [-0.05, 0) is 92.0 Å². The van der Waals surface area contributed by atoms with E-state index >= 15 is 0 Å². The molecule has 2 aromatic heterocycles. The fourth-order valence-electron chi connectivity index (χ4n) is 9.31. The van der Waals surface area contributed by atoms with Gasteiger partial charge in [-0.3, -0.25) is 0 Å². The van der Waals surface area contributed by atoms with Gasteiger partial charge in [0.05, 0.1) is 11.0 Å². The van der Waals surface area contributed by atoms with Gasteiger partial charge >= 0.3 is 0 Å². The van der Waals surface area contributed by atoms with Crippen LogP contribution in [0.2, 0.25) is 0 Å². The van der Waals surface area contributed by atoms with E-state index in [-0.39, 0.29) is 0 Å². The Hall–Kier alpha value is -8.99. The number of hydrogen-bond acceptors (Lipinski definition) is 3. The first-order chi connectivity index (χ1) is 33.2. The van der Waals surface area contributed by atoms with E-state index in [4.69, 9.17) is 15.0 Å². The quantitative estimate of drug-likeness (QED) is 0.145. The molecular weight excluding hydrogens is 813 g/mol. The Balaban J connectivity index is 1.02. The highest BCUT2D eigenvalue weighted by molar-refractivity contribution is 6.17. The summed E-state index contributed by atoms with van der Waals surface area (Å²) in [6, 6.07) is 90.3. The normalized spacial score (nSPS) is 11.3. The van der Waals surface area contributed by atoms with Crippen LogP contribution in [0.1, 0.15) is 0 Å². The monoisotopic (exact) mass is 854 g/mol. The van der Waals surface area contributed by atoms with E-state index in [1.807, 2.05) is 36.4 Å². The summed E-state index contributed by atoms with van der Waals surface area (Å²) >= 11 is 0. The van der Waals surface area contributed by atoms with Crippen molar-refractivity contribution in [3.8, 4) is 95.5 Å². The molecule has 4 nitrogen and oxygen atoms in total. The topological polar surface area (TPSA) is 43.6 Å². The highest BCUT2D eigenvalue weighted by atomic mass is 15.0. The Morgan fingerprint density at radius 3 is 1.13 bits per heavy atom. The maximum absolute atomic E-state index is 5.10. The van der Waals surface area contributed by atoms with Gasteiger partial charge in [-0.2, -0.15) is 0 Å². The first-order valence-electron chi connectivity index (χ1n) is 22.7. The Bertz CT molecular complexity index is 3680. The minimum atomic E-state index is 0.621. The largest absolute Gasteiger partial charge is 0.309 e. The number of benzene rings is 10. The molecular formula is C63H42N4. The molecule has 0 amide bonds. The minimum absolute atomic E-state index is 0.621. The molecule has 0 atom stereocenters. The second-order valence-corrected chi connectivity index (χ2v) is 16.8. The van der Waals surface area contributed by atoms with Crippen LogP contribution in [-0.4, -0.2) is 19.5 Å². The molecule has 10 aromatic carbocycles. The molecule has 12 rings (SSSR count). The average Bonchev–Trinajstić information content (AvgIpc) is 3.75. The van der Waals surface area contributed by atoms with Crippen LogP contribution in [-0.2, 0) is 0 Å². The third-order valence-electron chi connectivity index (χ3n) is 12.7. The van der Waals surface area contributed by atoms with Gasteiger partial charge in [0.15, 0.2) is 17.5 Å². The van der Waals surface area contributed by atoms with Crippen molar-refractivity contribution in [1.29, 1.82) is 0 Å². The predicted molar refractivity (Wildman–Crippen MR) is 278 cm³/mol. The number of fused-ring (bicyclic) bond motifs is 3. The Morgan fingerprint density at radius 2 is 0.612 bits per heavy atom. The Kier molecular flexibility index (Phi) is 10.2. The van der Waals surface area contributed by atoms with Gasteiger partial charge in [0.2, 0.25) is 0 Å². The van der Waals surface area contributed by atoms with E-state index in [9.17, 15) is 0 Å². The first-order valence-corrected chi connectivity index (χ1v) is 22.7. The molecule has 67 heavy (non-hydrogen) atoms. The smallest absolute Gasteiger partial charge is 0.164 e. The van der Waals surface area contributed by atoms with Crippen LogP contribution in [0.3, 0.4) is 0 Å². The fourth-order valence-corrected chi connectivity index (χ4v) is 9.31. The van der Waals surface area contributed by atoms with Crippen LogP contribution >= 0.6 is 0 Å². The zero-order valence-corrected chi connectivity index (χ0v) is 36.5. The summed E-state index contributed by atoms with van der Waals surface area (Å²) < 4.78 is 2.44. The van der Waals surface area contributed by atoms with Crippen molar-refractivity contribution in [3.05, 3.63) is 255 Å². The second kappa shape index (κ2) is 17.2.